The molecule has 7 aromatic carbocycles. The van der Waals surface area contributed by atoms with Crippen LogP contribution in [0.1, 0.15) is 64.9 Å². The zero-order chi connectivity index (χ0) is 52.1. The molecule has 13 rings (SSSR count). The molecule has 0 bridgehead atoms. The number of amides is 2. The standard InChI is InChI=1S/C45H37N5O3S.C19H18N4.CH4.B/c51-44(49-39(22-29-24-46-38-20-10-8-14-31(29)38)43-47-25-41(48-43)28-12-2-1-3-13-28)40(23-30-27-54-42-21-11-9-15-32(30)42)50-45(52)53-26-37-35-18-6-4-16-33(35)34-17-5-7-19-36(34)37;20-16(10-14-11-21-17-9-5-4-8-15(14)17)19-22-12-18(23-19)13-6-2-1-3-7-13;;/h1-21,24-25,27,37,39-40,46H,22-23,26H2,(H,47,48)(H,49,51)(H,50,52);1-9,11-12,16,21H,10,20H2,(H,22,23);1H4;/t39-,40-;16-;;/m11../s1. The maximum absolute atomic E-state index is 14.6. The van der Waals surface area contributed by atoms with Gasteiger partial charge in [-0.3, -0.25) is 4.79 Å². The molecule has 0 saturated heterocycles. The van der Waals surface area contributed by atoms with Crippen LogP contribution in [0.2, 0.25) is 0 Å². The molecule has 0 spiro atoms. The Morgan fingerprint density at radius 3 is 1.70 bits per heavy atom. The largest absolute Gasteiger partial charge is 0.449 e. The Labute approximate surface area is 464 Å². The molecule has 12 aromatic rings. The fraction of sp³-hybridized carbons (Fsp3) is 0.138. The predicted molar refractivity (Wildman–Crippen MR) is 320 cm³/mol. The lowest BCUT2D eigenvalue weighted by atomic mass is 9.98. The first-order chi connectivity index (χ1) is 37.9. The molecule has 0 saturated carbocycles. The molecule has 12 nitrogen and oxygen atoms in total. The van der Waals surface area contributed by atoms with Gasteiger partial charge in [0.1, 0.15) is 24.3 Å². The number of H-pyrrole nitrogens is 4. The van der Waals surface area contributed by atoms with Crippen LogP contribution in [-0.4, -0.2) is 63.0 Å². The van der Waals surface area contributed by atoms with Gasteiger partial charge in [-0.15, -0.1) is 11.3 Å². The van der Waals surface area contributed by atoms with E-state index in [0.717, 1.165) is 94.6 Å². The van der Waals surface area contributed by atoms with Gasteiger partial charge in [0.25, 0.3) is 0 Å². The molecule has 0 unspecified atom stereocenters. The van der Waals surface area contributed by atoms with Crippen LogP contribution in [0.3, 0.4) is 0 Å². The van der Waals surface area contributed by atoms with Crippen molar-refractivity contribution in [3.63, 3.8) is 0 Å². The maximum atomic E-state index is 14.6. The van der Waals surface area contributed by atoms with Crippen molar-refractivity contribution in [2.45, 2.75) is 50.7 Å². The number of hydrogen-bond acceptors (Lipinski definition) is 7. The van der Waals surface area contributed by atoms with E-state index in [1.54, 1.807) is 17.5 Å². The van der Waals surface area contributed by atoms with Gasteiger partial charge >= 0.3 is 6.09 Å². The van der Waals surface area contributed by atoms with Gasteiger partial charge in [0.2, 0.25) is 5.91 Å². The number of nitrogens with two attached hydrogens (primary N) is 1. The number of thiophene rings is 1. The minimum atomic E-state index is -0.923. The molecule has 0 aliphatic heterocycles. The van der Waals surface area contributed by atoms with Crippen molar-refractivity contribution >= 4 is 63.6 Å². The lowest BCUT2D eigenvalue weighted by Gasteiger charge is -2.23. The highest BCUT2D eigenvalue weighted by Crippen LogP contribution is 2.44. The van der Waals surface area contributed by atoms with Gasteiger partial charge in [-0.25, -0.2) is 14.8 Å². The Balaban J connectivity index is 0.000000236. The Hall–Kier alpha value is -9.24. The van der Waals surface area contributed by atoms with Gasteiger partial charge in [-0.1, -0.05) is 171 Å². The molecule has 5 heterocycles. The maximum Gasteiger partial charge on any atom is 0.407 e. The molecule has 14 heteroatoms. The number of benzene rings is 7. The molecule has 0 fully saturated rings. The van der Waals surface area contributed by atoms with Gasteiger partial charge in [0.05, 0.1) is 35.9 Å². The number of carbonyl (C=O) groups excluding carboxylic acids is 2. The molecule has 8 N–H and O–H groups in total. The topological polar surface area (TPSA) is 182 Å². The van der Waals surface area contributed by atoms with E-state index < -0.39 is 18.2 Å². The van der Waals surface area contributed by atoms with Crippen molar-refractivity contribution in [2.24, 2.45) is 5.73 Å². The SMILES string of the molecule is C.N[C@H](Cc1c[nH]c2ccccc12)c1ncc(-c2ccccc2)[nH]1.O=C(N[C@H](Cc1csc2ccccc12)C(=O)N[C@H](Cc1c[nH]c2ccccc12)c1ncc(-c2ccccc2)[nH]1)OCC1c2ccccc2-c2ccccc21.[B]. The van der Waals surface area contributed by atoms with Crippen molar-refractivity contribution in [3.05, 3.63) is 252 Å². The molecule has 391 valence electrons. The molecule has 1 aliphatic carbocycles. The van der Waals surface area contributed by atoms with Crippen LogP contribution in [0.15, 0.2) is 212 Å². The Bertz CT molecular complexity index is 3950. The van der Waals surface area contributed by atoms with Crippen molar-refractivity contribution in [2.75, 3.05) is 6.61 Å². The van der Waals surface area contributed by atoms with E-state index in [2.05, 4.69) is 108 Å². The monoisotopic (exact) mass is 1060 g/mol. The van der Waals surface area contributed by atoms with E-state index in [1.165, 1.54) is 10.9 Å². The number of aromatic amines is 4. The average Bonchev–Trinajstić information content (AvgIpc) is 4.44. The summed E-state index contributed by atoms with van der Waals surface area (Å²) in [5.74, 6) is 0.998. The van der Waals surface area contributed by atoms with Crippen molar-refractivity contribution in [1.29, 1.82) is 0 Å². The van der Waals surface area contributed by atoms with E-state index in [-0.39, 0.29) is 46.7 Å². The second-order valence-corrected chi connectivity index (χ2v) is 20.3. The van der Waals surface area contributed by atoms with Crippen LogP contribution in [0.25, 0.3) is 65.5 Å². The summed E-state index contributed by atoms with van der Waals surface area (Å²) in [7, 11) is 0. The van der Waals surface area contributed by atoms with Gasteiger partial charge in [0.15, 0.2) is 0 Å². The van der Waals surface area contributed by atoms with Crippen LogP contribution in [-0.2, 0) is 28.8 Å². The Morgan fingerprint density at radius 2 is 1.08 bits per heavy atom. The summed E-state index contributed by atoms with van der Waals surface area (Å²) in [5.41, 5.74) is 20.3. The normalized spacial score (nSPS) is 12.8. The van der Waals surface area contributed by atoms with Crippen molar-refractivity contribution in [1.82, 2.24) is 40.5 Å². The zero-order valence-corrected chi connectivity index (χ0v) is 43.3. The third-order valence-electron chi connectivity index (χ3n) is 14.5. The highest BCUT2D eigenvalue weighted by Gasteiger charge is 2.31. The molecular formula is C65H59BN9O3S. The fourth-order valence-corrected chi connectivity index (χ4v) is 11.6. The summed E-state index contributed by atoms with van der Waals surface area (Å²) in [5, 5.41) is 11.7. The number of imidazole rings is 2. The summed E-state index contributed by atoms with van der Waals surface area (Å²) >= 11 is 1.62. The van der Waals surface area contributed by atoms with E-state index >= 15 is 0 Å². The second kappa shape index (κ2) is 24.0. The van der Waals surface area contributed by atoms with Crippen LogP contribution < -0.4 is 16.4 Å². The van der Waals surface area contributed by atoms with Gasteiger partial charge < -0.3 is 41.0 Å². The van der Waals surface area contributed by atoms with Crippen LogP contribution in [0, 0.1) is 0 Å². The smallest absolute Gasteiger partial charge is 0.407 e. The Morgan fingerprint density at radius 1 is 0.570 bits per heavy atom. The van der Waals surface area contributed by atoms with Crippen LogP contribution >= 0.6 is 11.3 Å². The first-order valence-electron chi connectivity index (χ1n) is 25.8. The number of ether oxygens (including phenoxy) is 1. The number of nitrogens with one attached hydrogen (secondary N) is 6. The summed E-state index contributed by atoms with van der Waals surface area (Å²) in [6.07, 6.45) is 8.51. The van der Waals surface area contributed by atoms with E-state index in [4.69, 9.17) is 15.5 Å². The zero-order valence-electron chi connectivity index (χ0n) is 42.5. The number of fused-ring (bicyclic) bond motifs is 6. The lowest BCUT2D eigenvalue weighted by Crippen LogP contribution is -2.49. The third-order valence-corrected chi connectivity index (χ3v) is 15.5. The van der Waals surface area contributed by atoms with Gasteiger partial charge in [-0.05, 0) is 85.5 Å². The molecule has 3 atom stereocenters. The predicted octanol–water partition coefficient (Wildman–Crippen LogP) is 13.4. The third kappa shape index (κ3) is 11.4. The quantitative estimate of drug-likeness (QED) is 0.0502. The van der Waals surface area contributed by atoms with Crippen LogP contribution in [0.4, 0.5) is 4.79 Å². The van der Waals surface area contributed by atoms with Crippen LogP contribution in [0.5, 0.6) is 0 Å². The highest BCUT2D eigenvalue weighted by molar-refractivity contribution is 7.17. The number of rotatable bonds is 15. The van der Waals surface area contributed by atoms with Crippen molar-refractivity contribution in [3.8, 4) is 33.6 Å². The average molecular weight is 1060 g/mol. The summed E-state index contributed by atoms with van der Waals surface area (Å²) < 4.78 is 7.07. The fourth-order valence-electron chi connectivity index (χ4n) is 10.6. The molecular weight excluding hydrogens is 998 g/mol. The number of hydrogen-bond donors (Lipinski definition) is 7. The molecule has 1 aliphatic rings. The van der Waals surface area contributed by atoms with Gasteiger partial charge in [-0.2, -0.15) is 0 Å². The first kappa shape index (κ1) is 53.2. The molecule has 2 amide bonds. The van der Waals surface area contributed by atoms with Gasteiger partial charge in [0, 0.05) is 66.1 Å². The highest BCUT2D eigenvalue weighted by atomic mass is 32.1. The number of para-hydroxylation sites is 2. The van der Waals surface area contributed by atoms with E-state index in [0.29, 0.717) is 12.2 Å². The number of nitrogens with zero attached hydrogens (tertiary/aromatic N) is 2. The molecule has 5 aromatic heterocycles. The van der Waals surface area contributed by atoms with E-state index in [1.807, 2.05) is 134 Å². The molecule has 3 radical (unpaired) electrons. The second-order valence-electron chi connectivity index (χ2n) is 19.4. The number of aromatic nitrogens is 6. The number of carbonyl (C=O) groups is 2. The number of alkyl carbamates (subject to hydrolysis) is 1. The first-order valence-corrected chi connectivity index (χ1v) is 26.7. The minimum Gasteiger partial charge on any atom is -0.449 e. The minimum absolute atomic E-state index is 0. The Kier molecular flexibility index (Phi) is 16.1. The summed E-state index contributed by atoms with van der Waals surface area (Å²) in [4.78, 5) is 51.0. The summed E-state index contributed by atoms with van der Waals surface area (Å²) in [6.45, 7) is 0.146. The molecule has 79 heavy (non-hydrogen) atoms. The van der Waals surface area contributed by atoms with E-state index in [9.17, 15) is 9.59 Å². The lowest BCUT2D eigenvalue weighted by molar-refractivity contribution is -0.123. The summed E-state index contributed by atoms with van der Waals surface area (Å²) in [6, 6.07) is 59.5. The van der Waals surface area contributed by atoms with Crippen molar-refractivity contribution < 1.29 is 14.3 Å².